The van der Waals surface area contributed by atoms with Gasteiger partial charge in [0.1, 0.15) is 5.82 Å². The average molecular weight is 1010 g/mol. The zero-order chi connectivity index (χ0) is 43.9. The zero-order valence-electron chi connectivity index (χ0n) is 39.8. The molecule has 2 atom stereocenters. The maximum Gasteiger partial charge on any atom is 2.00 e. The molecule has 2 aromatic heterocycles. The molecule has 322 valence electrons. The fourth-order valence-corrected chi connectivity index (χ4v) is 11.4. The van der Waals surface area contributed by atoms with Gasteiger partial charge in [-0.1, -0.05) is 152 Å². The molecule has 2 aliphatic rings. The van der Waals surface area contributed by atoms with Gasteiger partial charge in [0.2, 0.25) is 0 Å². The predicted octanol–water partition coefficient (Wildman–Crippen LogP) is 14.8. The molecule has 0 radical (unpaired) electrons. The number of benzene rings is 4. The first-order chi connectivity index (χ1) is 27.6. The van der Waals surface area contributed by atoms with Crippen molar-refractivity contribution in [1.29, 1.82) is 0 Å². The quantitative estimate of drug-likeness (QED) is 0.165. The third kappa shape index (κ3) is 7.17. The van der Waals surface area contributed by atoms with E-state index in [4.69, 9.17) is 14.7 Å². The molecule has 4 aromatic carbocycles. The third-order valence-electron chi connectivity index (χ3n) is 13.9. The summed E-state index contributed by atoms with van der Waals surface area (Å²) in [6.07, 6.45) is 1.93. The van der Waals surface area contributed by atoms with Crippen LogP contribution in [0.2, 0.25) is 0 Å². The summed E-state index contributed by atoms with van der Waals surface area (Å²) in [5.74, 6) is 2.20. The number of ether oxygens (including phenoxy) is 1. The number of pyridine rings is 1. The van der Waals surface area contributed by atoms with Gasteiger partial charge in [0.05, 0.1) is 10.3 Å². The number of nitrogens with zero attached hydrogens (tertiary/aromatic N) is 3. The van der Waals surface area contributed by atoms with Crippen molar-refractivity contribution in [2.45, 2.75) is 162 Å². The number of fused-ring (bicyclic) bond motifs is 6. The van der Waals surface area contributed by atoms with Gasteiger partial charge in [0.25, 0.3) is 0 Å². The number of aliphatic imine (C=N–C) groups is 1. The van der Waals surface area contributed by atoms with Crippen LogP contribution in [0, 0.1) is 26.0 Å². The Kier molecular flexibility index (Phi) is 10.7. The van der Waals surface area contributed by atoms with Crippen LogP contribution in [0.5, 0.6) is 11.5 Å². The van der Waals surface area contributed by atoms with Crippen LogP contribution in [0.1, 0.15) is 161 Å². The zero-order valence-corrected chi connectivity index (χ0v) is 42.9. The predicted molar refractivity (Wildman–Crippen MR) is 256 cm³/mol. The first-order valence-corrected chi connectivity index (χ1v) is 22.6. The Hall–Kier alpha value is -3.66. The second kappa shape index (κ2) is 14.4. The summed E-state index contributed by atoms with van der Waals surface area (Å²) >= 11 is 1.91. The Morgan fingerprint density at radius 1 is 0.656 bits per heavy atom. The molecular formula is C55H65N3OPtS. The van der Waals surface area contributed by atoms with Gasteiger partial charge in [0.15, 0.2) is 0 Å². The Morgan fingerprint density at radius 3 is 1.92 bits per heavy atom. The van der Waals surface area contributed by atoms with Crippen molar-refractivity contribution >= 4 is 38.6 Å². The van der Waals surface area contributed by atoms with Crippen LogP contribution in [0.15, 0.2) is 71.9 Å². The van der Waals surface area contributed by atoms with E-state index < -0.39 is 0 Å². The molecule has 0 bridgehead atoms. The normalized spacial score (nSPS) is 20.1. The molecule has 4 nitrogen and oxygen atoms in total. The van der Waals surface area contributed by atoms with Gasteiger partial charge < -0.3 is 14.3 Å². The molecule has 0 amide bonds. The SMILES string of the molecule is Cc1cc(C)c(C2=N[C@]3(C)C(C)(C)c4c(C(C)(C)C)cc(C(C)(C)C)cc4[C@]3(C)S2)[c-]c1Oc1[c-]c2c(cc1)c1cc(C(C)(C)C)ccc1n2-c1cc(C(C)(C)C)ccn1.[Pt+2]. The van der Waals surface area contributed by atoms with E-state index >= 15 is 0 Å². The molecule has 0 N–H and O–H groups in total. The number of hydrogen-bond acceptors (Lipinski definition) is 4. The molecule has 8 rings (SSSR count). The van der Waals surface area contributed by atoms with Crippen LogP contribution < -0.4 is 4.74 Å². The molecule has 0 fully saturated rings. The van der Waals surface area contributed by atoms with Crippen molar-refractivity contribution in [3.05, 3.63) is 129 Å². The molecule has 0 saturated carbocycles. The van der Waals surface area contributed by atoms with Crippen molar-refractivity contribution in [3.8, 4) is 17.3 Å². The molecule has 1 aliphatic carbocycles. The number of rotatable bonds is 4. The number of aromatic nitrogens is 2. The van der Waals surface area contributed by atoms with Gasteiger partial charge in [-0.3, -0.25) is 0 Å². The molecule has 6 heteroatoms. The molecule has 6 aromatic rings. The van der Waals surface area contributed by atoms with Crippen LogP contribution in [-0.4, -0.2) is 20.1 Å². The average Bonchev–Trinajstić information content (AvgIpc) is 3.65. The molecular weight excluding hydrogens is 946 g/mol. The van der Waals surface area contributed by atoms with Crippen molar-refractivity contribution in [1.82, 2.24) is 9.55 Å². The van der Waals surface area contributed by atoms with E-state index in [2.05, 4.69) is 202 Å². The van der Waals surface area contributed by atoms with E-state index in [1.165, 1.54) is 38.8 Å². The van der Waals surface area contributed by atoms with E-state index in [1.54, 1.807) is 0 Å². The van der Waals surface area contributed by atoms with Crippen molar-refractivity contribution < 1.29 is 25.8 Å². The summed E-state index contributed by atoms with van der Waals surface area (Å²) in [7, 11) is 0. The van der Waals surface area contributed by atoms with Crippen LogP contribution in [0.25, 0.3) is 27.6 Å². The van der Waals surface area contributed by atoms with Crippen LogP contribution in [0.4, 0.5) is 0 Å². The number of aryl methyl sites for hydroxylation is 2. The largest absolute Gasteiger partial charge is 2.00 e. The second-order valence-corrected chi connectivity index (χ2v) is 24.1. The molecule has 0 saturated heterocycles. The first kappa shape index (κ1) is 45.4. The minimum atomic E-state index is -0.386. The van der Waals surface area contributed by atoms with Gasteiger partial charge in [-0.2, -0.15) is 6.07 Å². The van der Waals surface area contributed by atoms with Gasteiger partial charge >= 0.3 is 21.1 Å². The Labute approximate surface area is 385 Å². The number of hydrogen-bond donors (Lipinski definition) is 0. The van der Waals surface area contributed by atoms with Crippen molar-refractivity contribution in [3.63, 3.8) is 0 Å². The van der Waals surface area contributed by atoms with E-state index in [1.807, 2.05) is 18.0 Å². The van der Waals surface area contributed by atoms with Crippen LogP contribution >= 0.6 is 11.8 Å². The fraction of sp³-hybridized carbons (Fsp3) is 0.455. The monoisotopic (exact) mass is 1010 g/mol. The maximum absolute atomic E-state index is 6.85. The van der Waals surface area contributed by atoms with E-state index in [0.29, 0.717) is 11.5 Å². The smallest absolute Gasteiger partial charge is 0.503 e. The second-order valence-electron chi connectivity index (χ2n) is 22.7. The molecule has 1 aliphatic heterocycles. The summed E-state index contributed by atoms with van der Waals surface area (Å²) in [4.78, 5) is 10.7. The van der Waals surface area contributed by atoms with Crippen molar-refractivity contribution in [2.75, 3.05) is 0 Å². The Morgan fingerprint density at radius 2 is 1.30 bits per heavy atom. The summed E-state index contributed by atoms with van der Waals surface area (Å²) in [6, 6.07) is 30.1. The molecule has 0 spiro atoms. The van der Waals surface area contributed by atoms with Gasteiger partial charge in [0, 0.05) is 33.7 Å². The van der Waals surface area contributed by atoms with E-state index in [0.717, 1.165) is 44.0 Å². The van der Waals surface area contributed by atoms with Gasteiger partial charge in [-0.25, -0.2) is 4.98 Å². The molecule has 3 heterocycles. The minimum Gasteiger partial charge on any atom is -0.503 e. The number of thioether (sulfide) groups is 1. The van der Waals surface area contributed by atoms with E-state index in [9.17, 15) is 0 Å². The van der Waals surface area contributed by atoms with E-state index in [-0.39, 0.29) is 58.4 Å². The molecule has 61 heavy (non-hydrogen) atoms. The molecule has 0 unspecified atom stereocenters. The summed E-state index contributed by atoms with van der Waals surface area (Å²) < 4.78 is 8.83. The first-order valence-electron chi connectivity index (χ1n) is 21.7. The Balaban J connectivity index is 0.00000561. The van der Waals surface area contributed by atoms with Crippen LogP contribution in [0.3, 0.4) is 0 Å². The summed E-state index contributed by atoms with van der Waals surface area (Å²) in [5.41, 5.74) is 12.9. The summed E-state index contributed by atoms with van der Waals surface area (Å²) in [6.45, 7) is 41.5. The van der Waals surface area contributed by atoms with Gasteiger partial charge in [-0.15, -0.1) is 46.5 Å². The van der Waals surface area contributed by atoms with Gasteiger partial charge in [-0.05, 0) is 92.5 Å². The van der Waals surface area contributed by atoms with Crippen LogP contribution in [-0.2, 0) is 52.9 Å². The third-order valence-corrected chi connectivity index (χ3v) is 15.4. The standard InChI is InChI=1S/C55H65N3OS.Pt/c1-32-25-33(2)45(31-39(32)48-57-55(18)53(15,16)47-41(52(12,13)14)27-36(51(9,10)11)28-42(47)54(55,17)60-48)59-37-20-21-38-40-26-34(49(3,4)5)19-22-43(40)58(44(38)30-37)46-29-35(23-24-56-46)50(6,7)8;/h19-29H,1-18H3;/q-2;+2/t54-,55+;/m0./s1. The minimum absolute atomic E-state index is 0. The fourth-order valence-electron chi connectivity index (χ4n) is 9.65. The summed E-state index contributed by atoms with van der Waals surface area (Å²) in [5, 5.41) is 3.33. The topological polar surface area (TPSA) is 39.4 Å². The Bertz CT molecular complexity index is 2780. The maximum atomic E-state index is 6.85. The van der Waals surface area contributed by atoms with Crippen molar-refractivity contribution in [2.24, 2.45) is 4.99 Å².